The summed E-state index contributed by atoms with van der Waals surface area (Å²) in [5.74, 6) is 0.459. The van der Waals surface area contributed by atoms with Crippen molar-refractivity contribution in [2.24, 2.45) is 0 Å². The van der Waals surface area contributed by atoms with E-state index in [1.807, 2.05) is 18.6 Å². The third-order valence-corrected chi connectivity index (χ3v) is 5.44. The Balaban J connectivity index is 2.01. The number of carbonyl (C=O) groups excluding carboxylic acids is 1. The highest BCUT2D eigenvalue weighted by Gasteiger charge is 2.47. The molecule has 0 aliphatic carbocycles. The van der Waals surface area contributed by atoms with Gasteiger partial charge in [0.25, 0.3) is 0 Å². The summed E-state index contributed by atoms with van der Waals surface area (Å²) in [6.07, 6.45) is -0.232. The molecule has 1 fully saturated rings. The maximum absolute atomic E-state index is 12.4. The quantitative estimate of drug-likeness (QED) is 0.579. The van der Waals surface area contributed by atoms with E-state index in [-0.39, 0.29) is 18.6 Å². The maximum Gasteiger partial charge on any atom is 0.333 e. The van der Waals surface area contributed by atoms with E-state index in [2.05, 4.69) is 4.90 Å². The first kappa shape index (κ1) is 19.2. The first-order valence-corrected chi connectivity index (χ1v) is 9.93. The molecule has 0 amide bonds. The molecule has 1 aromatic rings. The van der Waals surface area contributed by atoms with Gasteiger partial charge in [-0.25, -0.2) is 0 Å². The van der Waals surface area contributed by atoms with Gasteiger partial charge >= 0.3 is 10.3 Å². The molecule has 0 bridgehead atoms. The van der Waals surface area contributed by atoms with Gasteiger partial charge in [0.05, 0.1) is 13.2 Å². The lowest BCUT2D eigenvalue weighted by atomic mass is 9.78. The molecular weight excluding hydrogens is 360 g/mol. The normalized spacial score (nSPS) is 22.7. The van der Waals surface area contributed by atoms with Gasteiger partial charge in [0.2, 0.25) is 0 Å². The molecule has 144 valence electrons. The average molecular weight is 384 g/mol. The Morgan fingerprint density at radius 2 is 2.00 bits per heavy atom. The van der Waals surface area contributed by atoms with Gasteiger partial charge in [-0.15, -0.1) is 0 Å². The van der Waals surface area contributed by atoms with Crippen LogP contribution in [0.3, 0.4) is 0 Å². The SMILES string of the molecule is CC(=O)c1c(CNS(=O)(=O)O)ccc2c1C(C)(C)C(N1CCOCC1)O2. The topological polar surface area (TPSA) is 105 Å². The van der Waals surface area contributed by atoms with Crippen LogP contribution in [0.2, 0.25) is 0 Å². The van der Waals surface area contributed by atoms with Crippen molar-refractivity contribution in [1.29, 1.82) is 0 Å². The lowest BCUT2D eigenvalue weighted by molar-refractivity contribution is -0.0613. The lowest BCUT2D eigenvalue weighted by Crippen LogP contribution is -2.52. The summed E-state index contributed by atoms with van der Waals surface area (Å²) in [6, 6.07) is 3.41. The number of carbonyl (C=O) groups is 1. The number of rotatable bonds is 5. The number of ether oxygens (including phenoxy) is 2. The summed E-state index contributed by atoms with van der Waals surface area (Å²) < 4.78 is 44.6. The van der Waals surface area contributed by atoms with Crippen LogP contribution in [0.4, 0.5) is 0 Å². The Hall–Kier alpha value is -1.52. The Kier molecular flexibility index (Phi) is 5.11. The summed E-state index contributed by atoms with van der Waals surface area (Å²) in [7, 11) is -4.35. The maximum atomic E-state index is 12.4. The van der Waals surface area contributed by atoms with Gasteiger partial charge in [0, 0.05) is 36.2 Å². The molecule has 2 aliphatic rings. The van der Waals surface area contributed by atoms with E-state index in [0.717, 1.165) is 18.7 Å². The molecule has 2 aliphatic heterocycles. The van der Waals surface area contributed by atoms with Crippen molar-refractivity contribution >= 4 is 16.1 Å². The number of fused-ring (bicyclic) bond motifs is 1. The van der Waals surface area contributed by atoms with Gasteiger partial charge < -0.3 is 9.47 Å². The van der Waals surface area contributed by atoms with Gasteiger partial charge in [-0.1, -0.05) is 19.9 Å². The van der Waals surface area contributed by atoms with Crippen LogP contribution in [-0.4, -0.2) is 56.2 Å². The molecule has 0 spiro atoms. The third kappa shape index (κ3) is 3.63. The molecule has 2 heterocycles. The minimum absolute atomic E-state index is 0.167. The number of benzene rings is 1. The van der Waals surface area contributed by atoms with Gasteiger partial charge in [-0.3, -0.25) is 14.2 Å². The number of Topliss-reactive ketones (excluding diaryl/α,β-unsaturated/α-hetero) is 1. The van der Waals surface area contributed by atoms with Crippen LogP contribution in [0.15, 0.2) is 12.1 Å². The average Bonchev–Trinajstić information content (AvgIpc) is 2.83. The Bertz CT molecular complexity index is 815. The van der Waals surface area contributed by atoms with Crippen LogP contribution >= 0.6 is 0 Å². The van der Waals surface area contributed by atoms with Crippen LogP contribution in [0.5, 0.6) is 5.75 Å². The first-order valence-electron chi connectivity index (χ1n) is 8.49. The van der Waals surface area contributed by atoms with Crippen LogP contribution < -0.4 is 9.46 Å². The van der Waals surface area contributed by atoms with Crippen molar-refractivity contribution in [3.05, 3.63) is 28.8 Å². The molecule has 1 saturated heterocycles. The molecular formula is C17H24N2O6S. The second-order valence-corrected chi connectivity index (χ2v) is 8.40. The predicted molar refractivity (Wildman–Crippen MR) is 94.7 cm³/mol. The molecule has 8 nitrogen and oxygen atoms in total. The van der Waals surface area contributed by atoms with Crippen molar-refractivity contribution < 1.29 is 27.2 Å². The number of nitrogens with one attached hydrogen (secondary N) is 1. The van der Waals surface area contributed by atoms with E-state index in [9.17, 15) is 13.2 Å². The highest BCUT2D eigenvalue weighted by Crippen LogP contribution is 2.47. The fourth-order valence-corrected chi connectivity index (χ4v) is 4.15. The van der Waals surface area contributed by atoms with Crippen molar-refractivity contribution in [3.63, 3.8) is 0 Å². The number of morpholine rings is 1. The van der Waals surface area contributed by atoms with Crippen molar-refractivity contribution in [2.75, 3.05) is 26.3 Å². The van der Waals surface area contributed by atoms with Gasteiger partial charge in [0.1, 0.15) is 5.75 Å². The Morgan fingerprint density at radius 1 is 1.35 bits per heavy atom. The van der Waals surface area contributed by atoms with E-state index in [1.165, 1.54) is 6.92 Å². The third-order valence-electron chi connectivity index (χ3n) is 4.93. The summed E-state index contributed by atoms with van der Waals surface area (Å²) >= 11 is 0. The summed E-state index contributed by atoms with van der Waals surface area (Å²) in [6.45, 7) is 8.08. The Labute approximate surface area is 153 Å². The van der Waals surface area contributed by atoms with Crippen molar-refractivity contribution in [3.8, 4) is 5.75 Å². The highest BCUT2D eigenvalue weighted by molar-refractivity contribution is 7.83. The van der Waals surface area contributed by atoms with Crippen molar-refractivity contribution in [1.82, 2.24) is 9.62 Å². The second-order valence-electron chi connectivity index (χ2n) is 7.17. The number of ketones is 1. The summed E-state index contributed by atoms with van der Waals surface area (Å²) in [5, 5.41) is 0. The molecule has 1 unspecified atom stereocenters. The van der Waals surface area contributed by atoms with E-state index in [0.29, 0.717) is 30.1 Å². The molecule has 0 saturated carbocycles. The molecule has 26 heavy (non-hydrogen) atoms. The van der Waals surface area contributed by atoms with E-state index < -0.39 is 15.7 Å². The smallest absolute Gasteiger partial charge is 0.333 e. The van der Waals surface area contributed by atoms with E-state index in [1.54, 1.807) is 12.1 Å². The first-order chi connectivity index (χ1) is 12.1. The molecule has 0 radical (unpaired) electrons. The second kappa shape index (κ2) is 6.90. The molecule has 1 aromatic carbocycles. The molecule has 0 aromatic heterocycles. The fourth-order valence-electron chi connectivity index (χ4n) is 3.82. The molecule has 1 atom stereocenters. The van der Waals surface area contributed by atoms with Crippen LogP contribution in [0.25, 0.3) is 0 Å². The summed E-state index contributed by atoms with van der Waals surface area (Å²) in [4.78, 5) is 14.6. The minimum Gasteiger partial charge on any atom is -0.474 e. The fraction of sp³-hybridized carbons (Fsp3) is 0.588. The molecule has 3 rings (SSSR count). The predicted octanol–water partition coefficient (Wildman–Crippen LogP) is 1.11. The van der Waals surface area contributed by atoms with Gasteiger partial charge in [0.15, 0.2) is 12.0 Å². The number of nitrogens with zero attached hydrogens (tertiary/aromatic N) is 1. The van der Waals surface area contributed by atoms with Crippen LogP contribution in [0.1, 0.15) is 42.3 Å². The zero-order valence-electron chi connectivity index (χ0n) is 15.1. The van der Waals surface area contributed by atoms with Gasteiger partial charge in [-0.05, 0) is 18.6 Å². The minimum atomic E-state index is -4.35. The van der Waals surface area contributed by atoms with Crippen LogP contribution in [0, 0.1) is 0 Å². The van der Waals surface area contributed by atoms with Crippen molar-refractivity contribution in [2.45, 2.75) is 39.0 Å². The molecule has 9 heteroatoms. The van der Waals surface area contributed by atoms with Gasteiger partial charge in [-0.2, -0.15) is 13.1 Å². The zero-order chi connectivity index (χ0) is 19.1. The largest absolute Gasteiger partial charge is 0.474 e. The Morgan fingerprint density at radius 3 is 2.58 bits per heavy atom. The summed E-state index contributed by atoms with van der Waals surface area (Å²) in [5.41, 5.74) is 1.26. The van der Waals surface area contributed by atoms with E-state index >= 15 is 0 Å². The zero-order valence-corrected chi connectivity index (χ0v) is 15.9. The van der Waals surface area contributed by atoms with Crippen LogP contribution in [-0.2, 0) is 27.0 Å². The standard InChI is InChI=1S/C17H24N2O6S/c1-11(20)14-12(10-18-26(21,22)23)4-5-13-15(14)17(2,3)16(25-13)19-6-8-24-9-7-19/h4-5,16,18H,6-10H2,1-3H3,(H,21,22,23). The van der Waals surface area contributed by atoms with E-state index in [4.69, 9.17) is 14.0 Å². The molecule has 2 N–H and O–H groups in total. The lowest BCUT2D eigenvalue weighted by Gasteiger charge is -2.38. The number of hydrogen-bond donors (Lipinski definition) is 2. The highest BCUT2D eigenvalue weighted by atomic mass is 32.2. The monoisotopic (exact) mass is 384 g/mol. The number of hydrogen-bond acceptors (Lipinski definition) is 6.